The molecule has 0 aliphatic heterocycles. The third-order valence-corrected chi connectivity index (χ3v) is 5.79. The van der Waals surface area contributed by atoms with Gasteiger partial charge in [0.25, 0.3) is 0 Å². The second kappa shape index (κ2) is 5.94. The Hall–Kier alpha value is -3.64. The normalized spacial score (nSPS) is 11.6. The predicted molar refractivity (Wildman–Crippen MR) is 121 cm³/mol. The summed E-state index contributed by atoms with van der Waals surface area (Å²) < 4.78 is 0. The highest BCUT2D eigenvalue weighted by atomic mass is 14.1. The molecule has 0 saturated carbocycles. The Kier molecular flexibility index (Phi) is 3.27. The van der Waals surface area contributed by atoms with E-state index in [2.05, 4.69) is 109 Å². The van der Waals surface area contributed by atoms with Crippen LogP contribution in [0.4, 0.5) is 0 Å². The van der Waals surface area contributed by atoms with Crippen molar-refractivity contribution in [1.29, 1.82) is 0 Å². The average Bonchev–Trinajstić information content (AvgIpc) is 2.78. The van der Waals surface area contributed by atoms with Crippen molar-refractivity contribution in [2.45, 2.75) is 0 Å². The van der Waals surface area contributed by atoms with Crippen molar-refractivity contribution in [1.82, 2.24) is 0 Å². The van der Waals surface area contributed by atoms with Gasteiger partial charge in [0.15, 0.2) is 0 Å². The molecule has 0 spiro atoms. The van der Waals surface area contributed by atoms with E-state index in [0.717, 1.165) is 0 Å². The first kappa shape index (κ1) is 15.4. The molecule has 6 aromatic rings. The zero-order valence-corrected chi connectivity index (χ0v) is 15.4. The summed E-state index contributed by atoms with van der Waals surface area (Å²) in [5.74, 6) is 0. The van der Waals surface area contributed by atoms with Crippen LogP contribution in [0.3, 0.4) is 0 Å². The molecule has 6 rings (SSSR count). The van der Waals surface area contributed by atoms with E-state index < -0.39 is 0 Å². The maximum absolute atomic E-state index is 2.33. The Bertz CT molecular complexity index is 1360. The fourth-order valence-corrected chi connectivity index (χ4v) is 4.41. The van der Waals surface area contributed by atoms with Gasteiger partial charge in [0.2, 0.25) is 0 Å². The number of benzene rings is 6. The first-order valence-electron chi connectivity index (χ1n) is 9.70. The van der Waals surface area contributed by atoms with Crippen molar-refractivity contribution in [2.75, 3.05) is 0 Å². The minimum absolute atomic E-state index is 1.25. The second-order valence-corrected chi connectivity index (χ2v) is 7.45. The third-order valence-electron chi connectivity index (χ3n) is 5.79. The van der Waals surface area contributed by atoms with Gasteiger partial charge in [0.05, 0.1) is 0 Å². The van der Waals surface area contributed by atoms with Gasteiger partial charge < -0.3 is 0 Å². The van der Waals surface area contributed by atoms with Crippen LogP contribution in [0.1, 0.15) is 0 Å². The summed E-state index contributed by atoms with van der Waals surface area (Å²) in [5, 5.41) is 8.00. The van der Waals surface area contributed by atoms with Gasteiger partial charge in [-0.05, 0) is 66.7 Å². The minimum Gasteiger partial charge on any atom is -0.0622 e. The van der Waals surface area contributed by atoms with E-state index in [1.807, 2.05) is 0 Å². The first-order valence-corrected chi connectivity index (χ1v) is 9.70. The molecular weight excluding hydrogens is 336 g/mol. The predicted octanol–water partition coefficient (Wildman–Crippen LogP) is 7.92. The molecule has 0 saturated heterocycles. The summed E-state index contributed by atoms with van der Waals surface area (Å²) in [5.41, 5.74) is 5.03. The fourth-order valence-electron chi connectivity index (χ4n) is 4.41. The summed E-state index contributed by atoms with van der Waals surface area (Å²) in [6, 6.07) is 39.6. The van der Waals surface area contributed by atoms with E-state index >= 15 is 0 Å². The second-order valence-electron chi connectivity index (χ2n) is 7.45. The molecule has 0 N–H and O–H groups in total. The molecule has 0 aliphatic carbocycles. The van der Waals surface area contributed by atoms with E-state index in [1.165, 1.54) is 54.6 Å². The van der Waals surface area contributed by atoms with Gasteiger partial charge in [-0.1, -0.05) is 97.1 Å². The molecule has 28 heavy (non-hydrogen) atoms. The standard InChI is InChI=1S/C28H18/c1-2-5-19(6-3-1)20-9-11-21(12-10-20)26-17-24-15-13-22-7-4-8-23-14-16-25(18-26)28(24)27(22)23/h1-18H. The van der Waals surface area contributed by atoms with Gasteiger partial charge in [-0.3, -0.25) is 0 Å². The van der Waals surface area contributed by atoms with Crippen LogP contribution in [0, 0.1) is 0 Å². The molecular formula is C28H18. The summed E-state index contributed by atoms with van der Waals surface area (Å²) in [4.78, 5) is 0. The van der Waals surface area contributed by atoms with Gasteiger partial charge >= 0.3 is 0 Å². The van der Waals surface area contributed by atoms with Gasteiger partial charge in [0, 0.05) is 0 Å². The smallest absolute Gasteiger partial charge is 0.00264 e. The molecule has 130 valence electrons. The van der Waals surface area contributed by atoms with Crippen LogP contribution >= 0.6 is 0 Å². The maximum atomic E-state index is 2.33. The Labute approximate surface area is 164 Å². The molecule has 0 heterocycles. The van der Waals surface area contributed by atoms with Crippen LogP contribution in [-0.4, -0.2) is 0 Å². The lowest BCUT2D eigenvalue weighted by atomic mass is 9.91. The van der Waals surface area contributed by atoms with Crippen molar-refractivity contribution >= 4 is 32.3 Å². The van der Waals surface area contributed by atoms with Crippen molar-refractivity contribution in [2.24, 2.45) is 0 Å². The summed E-state index contributed by atoms with van der Waals surface area (Å²) >= 11 is 0. The van der Waals surface area contributed by atoms with Gasteiger partial charge in [0.1, 0.15) is 0 Å². The van der Waals surface area contributed by atoms with E-state index in [-0.39, 0.29) is 0 Å². The lowest BCUT2D eigenvalue weighted by Gasteiger charge is -2.13. The van der Waals surface area contributed by atoms with Crippen LogP contribution in [0.15, 0.2) is 109 Å². The lowest BCUT2D eigenvalue weighted by molar-refractivity contribution is 1.60. The van der Waals surface area contributed by atoms with Crippen LogP contribution in [0.25, 0.3) is 54.6 Å². The summed E-state index contributed by atoms with van der Waals surface area (Å²) in [7, 11) is 0. The fraction of sp³-hybridized carbons (Fsp3) is 0. The average molecular weight is 354 g/mol. The van der Waals surface area contributed by atoms with Crippen LogP contribution in [0.5, 0.6) is 0 Å². The molecule has 0 radical (unpaired) electrons. The number of rotatable bonds is 2. The van der Waals surface area contributed by atoms with E-state index in [9.17, 15) is 0 Å². The Morgan fingerprint density at radius 2 is 0.750 bits per heavy atom. The number of hydrogen-bond acceptors (Lipinski definition) is 0. The Balaban J connectivity index is 1.53. The molecule has 0 heteroatoms. The highest BCUT2D eigenvalue weighted by molar-refractivity contribution is 6.23. The number of hydrogen-bond donors (Lipinski definition) is 0. The van der Waals surface area contributed by atoms with Crippen molar-refractivity contribution in [3.8, 4) is 22.3 Å². The molecule has 0 amide bonds. The first-order chi connectivity index (χ1) is 13.9. The van der Waals surface area contributed by atoms with Gasteiger partial charge in [-0.2, -0.15) is 0 Å². The molecule has 0 bridgehead atoms. The zero-order valence-electron chi connectivity index (χ0n) is 15.4. The van der Waals surface area contributed by atoms with E-state index in [1.54, 1.807) is 0 Å². The summed E-state index contributed by atoms with van der Waals surface area (Å²) in [6.45, 7) is 0. The van der Waals surface area contributed by atoms with Crippen molar-refractivity contribution in [3.63, 3.8) is 0 Å². The Morgan fingerprint density at radius 1 is 0.286 bits per heavy atom. The van der Waals surface area contributed by atoms with Crippen molar-refractivity contribution in [3.05, 3.63) is 109 Å². The maximum Gasteiger partial charge on any atom is -0.00264 e. The van der Waals surface area contributed by atoms with E-state index in [4.69, 9.17) is 0 Å². The SMILES string of the molecule is c1ccc(-c2ccc(-c3cc4ccc5cccc6ccc(c3)c4c56)cc2)cc1. The van der Waals surface area contributed by atoms with E-state index in [0.29, 0.717) is 0 Å². The van der Waals surface area contributed by atoms with Gasteiger partial charge in [-0.25, -0.2) is 0 Å². The monoisotopic (exact) mass is 354 g/mol. The van der Waals surface area contributed by atoms with Crippen LogP contribution in [0.2, 0.25) is 0 Å². The Morgan fingerprint density at radius 3 is 1.36 bits per heavy atom. The molecule has 0 fully saturated rings. The molecule has 0 nitrogen and oxygen atoms in total. The quantitative estimate of drug-likeness (QED) is 0.277. The largest absolute Gasteiger partial charge is 0.0622 e. The molecule has 0 aliphatic rings. The highest BCUT2D eigenvalue weighted by Crippen LogP contribution is 2.37. The van der Waals surface area contributed by atoms with Gasteiger partial charge in [-0.15, -0.1) is 0 Å². The third kappa shape index (κ3) is 2.32. The molecule has 0 atom stereocenters. The minimum atomic E-state index is 1.25. The molecule has 6 aromatic carbocycles. The van der Waals surface area contributed by atoms with Crippen LogP contribution < -0.4 is 0 Å². The topological polar surface area (TPSA) is 0 Å². The molecule has 0 unspecified atom stereocenters. The van der Waals surface area contributed by atoms with Crippen LogP contribution in [-0.2, 0) is 0 Å². The molecule has 0 aromatic heterocycles. The zero-order chi connectivity index (χ0) is 18.5. The van der Waals surface area contributed by atoms with Crippen molar-refractivity contribution < 1.29 is 0 Å². The highest BCUT2D eigenvalue weighted by Gasteiger charge is 2.10. The lowest BCUT2D eigenvalue weighted by Crippen LogP contribution is -1.86. The summed E-state index contributed by atoms with van der Waals surface area (Å²) in [6.07, 6.45) is 0.